The van der Waals surface area contributed by atoms with E-state index in [0.29, 0.717) is 12.8 Å². The molecule has 0 bridgehead atoms. The molecule has 0 radical (unpaired) electrons. The van der Waals surface area contributed by atoms with Gasteiger partial charge in [0.25, 0.3) is 0 Å². The average molecular weight is 307 g/mol. The van der Waals surface area contributed by atoms with E-state index in [9.17, 15) is 14.9 Å². The van der Waals surface area contributed by atoms with Crippen LogP contribution in [0.4, 0.5) is 0 Å². The topological polar surface area (TPSA) is 60.2 Å². The molecule has 0 saturated heterocycles. The molecule has 0 aromatic rings. The van der Waals surface area contributed by atoms with Crippen molar-refractivity contribution < 1.29 is 9.72 Å². The number of allylic oxidation sites excluding steroid dienone is 1. The molecule has 1 atom stereocenters. The van der Waals surface area contributed by atoms with Crippen LogP contribution in [0.5, 0.6) is 0 Å². The summed E-state index contributed by atoms with van der Waals surface area (Å²) in [4.78, 5) is 20.8. The van der Waals surface area contributed by atoms with Crippen molar-refractivity contribution in [2.24, 2.45) is 0 Å². The molecule has 0 spiro atoms. The van der Waals surface area contributed by atoms with Crippen LogP contribution in [0, 0.1) is 22.0 Å². The Hall–Kier alpha value is -1.63. The summed E-state index contributed by atoms with van der Waals surface area (Å²) in [5.74, 6) is 5.96. The number of hydrogen-bond donors (Lipinski definition) is 0. The molecule has 0 aromatic carbocycles. The molecule has 124 valence electrons. The summed E-state index contributed by atoms with van der Waals surface area (Å²) in [5.41, 5.74) is 0. The third-order valence-corrected chi connectivity index (χ3v) is 3.41. The van der Waals surface area contributed by atoms with Gasteiger partial charge in [-0.3, -0.25) is 10.1 Å². The molecule has 4 heteroatoms. The van der Waals surface area contributed by atoms with Crippen molar-refractivity contribution in [3.63, 3.8) is 0 Å². The molecular formula is C18H29NO3. The molecule has 4 nitrogen and oxygen atoms in total. The van der Waals surface area contributed by atoms with Crippen LogP contribution >= 0.6 is 0 Å². The van der Waals surface area contributed by atoms with Crippen molar-refractivity contribution in [1.29, 1.82) is 0 Å². The van der Waals surface area contributed by atoms with Crippen LogP contribution in [0.15, 0.2) is 12.2 Å². The van der Waals surface area contributed by atoms with Crippen LogP contribution in [0.2, 0.25) is 0 Å². The van der Waals surface area contributed by atoms with E-state index >= 15 is 0 Å². The third-order valence-electron chi connectivity index (χ3n) is 3.41. The van der Waals surface area contributed by atoms with E-state index in [1.807, 2.05) is 0 Å². The van der Waals surface area contributed by atoms with Gasteiger partial charge in [-0.2, -0.15) is 0 Å². The van der Waals surface area contributed by atoms with E-state index in [0.717, 1.165) is 25.5 Å². The summed E-state index contributed by atoms with van der Waals surface area (Å²) >= 11 is 0. The highest BCUT2D eigenvalue weighted by Crippen LogP contribution is 2.06. The number of unbranched alkanes of at least 4 members (excludes halogenated alkanes) is 8. The number of aldehydes is 1. The monoisotopic (exact) mass is 307 g/mol. The van der Waals surface area contributed by atoms with Crippen molar-refractivity contribution >= 4 is 6.29 Å². The van der Waals surface area contributed by atoms with E-state index in [-0.39, 0.29) is 11.3 Å². The Morgan fingerprint density at radius 2 is 1.77 bits per heavy atom. The molecule has 0 N–H and O–H groups in total. The normalized spacial score (nSPS) is 11.9. The number of nitrogens with zero attached hydrogens (tertiary/aromatic N) is 1. The predicted octanol–water partition coefficient (Wildman–Crippen LogP) is 4.70. The first-order valence-electron chi connectivity index (χ1n) is 8.41. The minimum Gasteiger partial charge on any atom is -0.303 e. The molecule has 0 fully saturated rings. The first kappa shape index (κ1) is 20.4. The largest absolute Gasteiger partial charge is 0.303 e. The SMILES string of the molecule is CCCCCCCCC#CCC(C=CCCCC=O)[N+](=O)[O-]. The van der Waals surface area contributed by atoms with Crippen molar-refractivity contribution in [3.8, 4) is 11.8 Å². The second-order valence-corrected chi connectivity index (χ2v) is 5.45. The molecule has 0 rings (SSSR count). The standard InChI is InChI=1S/C18H29NO3/c1-2-3-4-5-6-7-8-9-12-15-18(19(21)22)16-13-10-11-14-17-20/h13,16-18H,2-8,10-11,14-15H2,1H3. The summed E-state index contributed by atoms with van der Waals surface area (Å²) in [6.45, 7) is 2.20. The zero-order valence-corrected chi connectivity index (χ0v) is 13.8. The molecule has 0 heterocycles. The summed E-state index contributed by atoms with van der Waals surface area (Å²) in [7, 11) is 0. The minimum atomic E-state index is -0.728. The number of hydrogen-bond acceptors (Lipinski definition) is 3. The lowest BCUT2D eigenvalue weighted by Crippen LogP contribution is -2.15. The number of nitro groups is 1. The van der Waals surface area contributed by atoms with E-state index in [1.54, 1.807) is 12.2 Å². The van der Waals surface area contributed by atoms with Gasteiger partial charge in [-0.05, 0) is 25.3 Å². The second kappa shape index (κ2) is 15.8. The number of rotatable bonds is 13. The molecule has 1 unspecified atom stereocenters. The van der Waals surface area contributed by atoms with Gasteiger partial charge in [0.05, 0.1) is 6.42 Å². The maximum absolute atomic E-state index is 10.9. The van der Waals surface area contributed by atoms with Crippen LogP contribution in [-0.2, 0) is 4.79 Å². The Kier molecular flexibility index (Phi) is 14.6. The lowest BCUT2D eigenvalue weighted by Gasteiger charge is -1.99. The van der Waals surface area contributed by atoms with Gasteiger partial charge in [0, 0.05) is 17.8 Å². The van der Waals surface area contributed by atoms with E-state index < -0.39 is 6.04 Å². The highest BCUT2D eigenvalue weighted by atomic mass is 16.6. The Morgan fingerprint density at radius 3 is 2.45 bits per heavy atom. The number of carbonyl (C=O) groups is 1. The van der Waals surface area contributed by atoms with Gasteiger partial charge in [-0.25, -0.2) is 0 Å². The Labute approximate surface area is 134 Å². The summed E-state index contributed by atoms with van der Waals surface area (Å²) in [6, 6.07) is -0.728. The fourth-order valence-electron chi connectivity index (χ4n) is 2.04. The maximum atomic E-state index is 10.9. The molecular weight excluding hydrogens is 278 g/mol. The van der Waals surface area contributed by atoms with Gasteiger partial charge >= 0.3 is 0 Å². The van der Waals surface area contributed by atoms with Crippen molar-refractivity contribution in [3.05, 3.63) is 22.3 Å². The van der Waals surface area contributed by atoms with Crippen molar-refractivity contribution in [2.75, 3.05) is 0 Å². The zero-order chi connectivity index (χ0) is 16.5. The summed E-state index contributed by atoms with van der Waals surface area (Å²) < 4.78 is 0. The van der Waals surface area contributed by atoms with E-state index in [1.165, 1.54) is 32.1 Å². The molecule has 0 aliphatic rings. The molecule has 22 heavy (non-hydrogen) atoms. The maximum Gasteiger partial charge on any atom is 0.242 e. The Bertz CT molecular complexity index is 380. The summed E-state index contributed by atoms with van der Waals surface area (Å²) in [6.07, 6.45) is 14.7. The lowest BCUT2D eigenvalue weighted by molar-refractivity contribution is -0.508. The highest BCUT2D eigenvalue weighted by Gasteiger charge is 2.13. The van der Waals surface area contributed by atoms with Gasteiger partial charge in [-0.1, -0.05) is 51.0 Å². The lowest BCUT2D eigenvalue weighted by atomic mass is 10.1. The van der Waals surface area contributed by atoms with Crippen LogP contribution in [0.25, 0.3) is 0 Å². The van der Waals surface area contributed by atoms with Crippen LogP contribution < -0.4 is 0 Å². The van der Waals surface area contributed by atoms with Crippen LogP contribution in [0.3, 0.4) is 0 Å². The van der Waals surface area contributed by atoms with Crippen LogP contribution in [0.1, 0.15) is 77.6 Å². The zero-order valence-electron chi connectivity index (χ0n) is 13.8. The Morgan fingerprint density at radius 1 is 1.05 bits per heavy atom. The number of carbonyl (C=O) groups excluding carboxylic acids is 1. The van der Waals surface area contributed by atoms with Gasteiger partial charge in [0.15, 0.2) is 0 Å². The first-order valence-corrected chi connectivity index (χ1v) is 8.41. The van der Waals surface area contributed by atoms with E-state index in [2.05, 4.69) is 18.8 Å². The van der Waals surface area contributed by atoms with E-state index in [4.69, 9.17) is 0 Å². The summed E-state index contributed by atoms with van der Waals surface area (Å²) in [5, 5.41) is 10.9. The molecule has 0 aromatic heterocycles. The quantitative estimate of drug-likeness (QED) is 0.124. The molecule has 0 aliphatic heterocycles. The molecule has 0 amide bonds. The van der Waals surface area contributed by atoms with Gasteiger partial charge < -0.3 is 4.79 Å². The van der Waals surface area contributed by atoms with Crippen molar-refractivity contribution in [2.45, 2.75) is 83.6 Å². The fraction of sp³-hybridized carbons (Fsp3) is 0.722. The van der Waals surface area contributed by atoms with Crippen molar-refractivity contribution in [1.82, 2.24) is 0 Å². The fourth-order valence-corrected chi connectivity index (χ4v) is 2.04. The first-order chi connectivity index (χ1) is 10.7. The third kappa shape index (κ3) is 13.4. The second-order valence-electron chi connectivity index (χ2n) is 5.45. The van der Waals surface area contributed by atoms with Gasteiger partial charge in [-0.15, -0.1) is 5.92 Å². The minimum absolute atomic E-state index is 0.271. The average Bonchev–Trinajstić information content (AvgIpc) is 2.50. The highest BCUT2D eigenvalue weighted by molar-refractivity contribution is 5.49. The molecule has 0 aliphatic carbocycles. The molecule has 0 saturated carbocycles. The smallest absolute Gasteiger partial charge is 0.242 e. The van der Waals surface area contributed by atoms with Gasteiger partial charge in [0.2, 0.25) is 6.04 Å². The van der Waals surface area contributed by atoms with Crippen LogP contribution in [-0.4, -0.2) is 17.3 Å². The Balaban J connectivity index is 3.83. The predicted molar refractivity (Wildman–Crippen MR) is 90.2 cm³/mol. The van der Waals surface area contributed by atoms with Gasteiger partial charge in [0.1, 0.15) is 6.29 Å².